The van der Waals surface area contributed by atoms with Crippen molar-refractivity contribution in [1.82, 2.24) is 4.48 Å². The fraction of sp³-hybridized carbons (Fsp3) is 0.208. The maximum Gasteiger partial charge on any atom is 0.329 e. The molecule has 0 fully saturated rings. The Kier molecular flexibility index (Phi) is 4.63. The molecule has 0 saturated carbocycles. The molecule has 2 nitrogen and oxygen atoms in total. The Bertz CT molecular complexity index is 2930. The third-order valence-corrected chi connectivity index (χ3v) is 14.4. The van der Waals surface area contributed by atoms with Crippen LogP contribution in [0.5, 0.6) is 0 Å². The van der Waals surface area contributed by atoms with Crippen molar-refractivity contribution >= 4 is 50.6 Å². The van der Waals surface area contributed by atoms with Crippen LogP contribution < -0.4 is 10.9 Å². The summed E-state index contributed by atoms with van der Waals surface area (Å²) in [6, 6.07) is 44.2. The number of hydrogen-bond donors (Lipinski definition) is 0. The lowest BCUT2D eigenvalue weighted by Gasteiger charge is -2.46. The molecule has 3 aliphatic carbocycles. The molecule has 6 aromatic carbocycles. The lowest BCUT2D eigenvalue weighted by Crippen LogP contribution is -2.58. The fourth-order valence-electron chi connectivity index (χ4n) is 12.4. The minimum Gasteiger partial charge on any atom is -0.456 e. The summed E-state index contributed by atoms with van der Waals surface area (Å²) < 4.78 is 9.86. The molecule has 8 aromatic rings. The second-order valence-corrected chi connectivity index (χ2v) is 17.1. The molecule has 0 bridgehead atoms. The van der Waals surface area contributed by atoms with Gasteiger partial charge in [-0.25, -0.2) is 0 Å². The largest absolute Gasteiger partial charge is 0.456 e. The predicted octanol–water partition coefficient (Wildman–Crippen LogP) is 10.4. The van der Waals surface area contributed by atoms with Crippen molar-refractivity contribution in [3.63, 3.8) is 0 Å². The highest BCUT2D eigenvalue weighted by molar-refractivity contribution is 6.88. The Morgan fingerprint density at radius 1 is 0.667 bits per heavy atom. The molecular weight excluding hydrogens is 617 g/mol. The maximum absolute atomic E-state index is 7.07. The molecule has 0 spiro atoms. The van der Waals surface area contributed by atoms with Crippen molar-refractivity contribution in [3.05, 3.63) is 154 Å². The first kappa shape index (κ1) is 27.4. The zero-order chi connectivity index (χ0) is 33.7. The van der Waals surface area contributed by atoms with Gasteiger partial charge in [-0.05, 0) is 79.8 Å². The van der Waals surface area contributed by atoms with Crippen LogP contribution in [0, 0.1) is 5.92 Å². The average Bonchev–Trinajstić information content (AvgIpc) is 3.83. The molecule has 13 rings (SSSR count). The summed E-state index contributed by atoms with van der Waals surface area (Å²) in [5, 5.41) is 3.87. The Balaban J connectivity index is 1.23. The number of fused-ring (bicyclic) bond motifs is 17. The van der Waals surface area contributed by atoms with Crippen LogP contribution in [0.3, 0.4) is 0 Å². The Hall–Kier alpha value is -5.28. The minimum absolute atomic E-state index is 0.0584. The summed E-state index contributed by atoms with van der Waals surface area (Å²) in [7, 11) is 0. The summed E-state index contributed by atoms with van der Waals surface area (Å²) in [5.41, 5.74) is 22.4. The summed E-state index contributed by atoms with van der Waals surface area (Å²) in [4.78, 5) is 0. The second kappa shape index (κ2) is 8.60. The Morgan fingerprint density at radius 2 is 1.39 bits per heavy atom. The molecule has 0 radical (unpaired) electrons. The molecule has 51 heavy (non-hydrogen) atoms. The molecule has 3 unspecified atom stereocenters. The van der Waals surface area contributed by atoms with Crippen molar-refractivity contribution in [3.8, 4) is 22.4 Å². The van der Waals surface area contributed by atoms with Crippen LogP contribution in [0.15, 0.2) is 120 Å². The molecule has 3 atom stereocenters. The second-order valence-electron chi connectivity index (χ2n) is 17.1. The molecule has 2 aliphatic heterocycles. The van der Waals surface area contributed by atoms with Crippen molar-refractivity contribution in [2.24, 2.45) is 5.92 Å². The number of furan rings is 1. The smallest absolute Gasteiger partial charge is 0.329 e. The van der Waals surface area contributed by atoms with Gasteiger partial charge in [-0.2, -0.15) is 0 Å². The highest BCUT2D eigenvalue weighted by atomic mass is 16.3. The van der Waals surface area contributed by atoms with Crippen molar-refractivity contribution in [2.75, 3.05) is 0 Å². The number of hydrogen-bond acceptors (Lipinski definition) is 1. The first-order chi connectivity index (χ1) is 24.9. The van der Waals surface area contributed by atoms with Gasteiger partial charge in [0.05, 0.1) is 0 Å². The maximum atomic E-state index is 7.07. The van der Waals surface area contributed by atoms with Crippen LogP contribution in [-0.2, 0) is 10.8 Å². The van der Waals surface area contributed by atoms with E-state index in [0.29, 0.717) is 11.8 Å². The molecule has 0 amide bonds. The van der Waals surface area contributed by atoms with Crippen LogP contribution in [0.25, 0.3) is 55.2 Å². The predicted molar refractivity (Wildman–Crippen MR) is 210 cm³/mol. The number of para-hydroxylation sites is 2. The summed E-state index contributed by atoms with van der Waals surface area (Å²) >= 11 is 0. The monoisotopic (exact) mass is 653 g/mol. The third kappa shape index (κ3) is 2.90. The zero-order valence-corrected chi connectivity index (χ0v) is 29.3. The molecule has 3 heteroatoms. The van der Waals surface area contributed by atoms with Gasteiger partial charge in [-0.15, -0.1) is 0 Å². The van der Waals surface area contributed by atoms with Crippen molar-refractivity contribution in [2.45, 2.75) is 56.8 Å². The lowest BCUT2D eigenvalue weighted by molar-refractivity contribution is 0.278. The quantitative estimate of drug-likeness (QED) is 0.149. The normalized spacial score (nSPS) is 21.7. The van der Waals surface area contributed by atoms with E-state index in [1.807, 2.05) is 0 Å². The molecule has 4 heterocycles. The fourth-order valence-corrected chi connectivity index (χ4v) is 12.4. The van der Waals surface area contributed by atoms with E-state index in [9.17, 15) is 0 Å². The highest BCUT2D eigenvalue weighted by Gasteiger charge is 2.56. The first-order valence-electron chi connectivity index (χ1n) is 18.8. The van der Waals surface area contributed by atoms with Crippen LogP contribution in [0.2, 0.25) is 0 Å². The molecule has 242 valence electrons. The molecule has 2 aromatic heterocycles. The van der Waals surface area contributed by atoms with E-state index >= 15 is 0 Å². The topological polar surface area (TPSA) is 18.1 Å². The summed E-state index contributed by atoms with van der Waals surface area (Å²) in [6.07, 6.45) is 1.11. The standard InChI is InChI=1S/C48H36BNO/c1-47(2)34-19-8-5-14-27(34)39-29-17-12-21-37-40(29)33(24-36(39)47)41-43-31(23-32-25-13-7-10-22-38(25)51-46(32)41)26-16-11-18-30-42-45(50(44(26)30)49(37)43)28-15-6-9-20-35(28)48(42,3)4/h5-23,33,36,39H,24H2,1-4H3. The van der Waals surface area contributed by atoms with Gasteiger partial charge in [-0.3, -0.25) is 0 Å². The van der Waals surface area contributed by atoms with Crippen LogP contribution in [-0.4, -0.2) is 11.3 Å². The zero-order valence-electron chi connectivity index (χ0n) is 29.3. The summed E-state index contributed by atoms with van der Waals surface area (Å²) in [5.74, 6) is 1.15. The van der Waals surface area contributed by atoms with Crippen LogP contribution in [0.1, 0.15) is 84.9 Å². The van der Waals surface area contributed by atoms with Gasteiger partial charge in [0.2, 0.25) is 0 Å². The van der Waals surface area contributed by atoms with Gasteiger partial charge in [-0.1, -0.05) is 131 Å². The molecular formula is C48H36BNO. The number of nitrogens with zero attached hydrogens (tertiary/aromatic N) is 1. The van der Waals surface area contributed by atoms with Crippen LogP contribution in [0.4, 0.5) is 0 Å². The third-order valence-electron chi connectivity index (χ3n) is 14.4. The molecule has 5 aliphatic rings. The van der Waals surface area contributed by atoms with Gasteiger partial charge in [0.15, 0.2) is 0 Å². The van der Waals surface area contributed by atoms with E-state index < -0.39 is 0 Å². The van der Waals surface area contributed by atoms with E-state index in [4.69, 9.17) is 4.42 Å². The highest BCUT2D eigenvalue weighted by Crippen LogP contribution is 2.62. The lowest BCUT2D eigenvalue weighted by atomic mass is 9.39. The van der Waals surface area contributed by atoms with E-state index in [0.717, 1.165) is 17.6 Å². The number of rotatable bonds is 0. The number of aromatic nitrogens is 1. The first-order valence-corrected chi connectivity index (χ1v) is 18.8. The van der Waals surface area contributed by atoms with Crippen LogP contribution >= 0.6 is 0 Å². The number of benzene rings is 6. The molecule has 0 saturated heterocycles. The average molecular weight is 654 g/mol. The van der Waals surface area contributed by atoms with Gasteiger partial charge in [0.25, 0.3) is 0 Å². The Labute approximate surface area is 297 Å². The molecule has 0 N–H and O–H groups in total. The van der Waals surface area contributed by atoms with E-state index in [1.54, 1.807) is 5.56 Å². The van der Waals surface area contributed by atoms with Gasteiger partial charge in [0, 0.05) is 61.3 Å². The van der Waals surface area contributed by atoms with E-state index in [1.165, 1.54) is 88.4 Å². The summed E-state index contributed by atoms with van der Waals surface area (Å²) in [6.45, 7) is 9.94. The van der Waals surface area contributed by atoms with Crippen molar-refractivity contribution < 1.29 is 4.42 Å². The van der Waals surface area contributed by atoms with Gasteiger partial charge >= 0.3 is 6.85 Å². The van der Waals surface area contributed by atoms with Gasteiger partial charge < -0.3 is 8.90 Å². The Morgan fingerprint density at radius 3 is 2.29 bits per heavy atom. The SMILES string of the molecule is CC1(C)c2ccccc2-c2c1c1cccc3c1n2B1c2cccc4c2C(CC2C4c4ccccc4C2(C)C)c2c1c-3cc1c2oc2ccccc21. The van der Waals surface area contributed by atoms with Gasteiger partial charge in [0.1, 0.15) is 11.2 Å². The van der Waals surface area contributed by atoms with E-state index in [-0.39, 0.29) is 23.6 Å². The van der Waals surface area contributed by atoms with Crippen molar-refractivity contribution in [1.29, 1.82) is 0 Å². The van der Waals surface area contributed by atoms with E-state index in [2.05, 4.69) is 147 Å². The minimum atomic E-state index is -0.100.